The van der Waals surface area contributed by atoms with E-state index in [0.717, 1.165) is 24.9 Å². The van der Waals surface area contributed by atoms with Gasteiger partial charge in [-0.1, -0.05) is 12.8 Å². The highest BCUT2D eigenvalue weighted by molar-refractivity contribution is 5.53. The molecule has 1 aromatic heterocycles. The van der Waals surface area contributed by atoms with Crippen molar-refractivity contribution in [1.82, 2.24) is 9.88 Å². The van der Waals surface area contributed by atoms with E-state index in [0.29, 0.717) is 18.2 Å². The lowest BCUT2D eigenvalue weighted by molar-refractivity contribution is 0.254. The number of hydrogen-bond donors (Lipinski definition) is 2. The number of ether oxygens (including phenoxy) is 1. The Morgan fingerprint density at radius 1 is 1.40 bits per heavy atom. The number of rotatable bonds is 7. The van der Waals surface area contributed by atoms with Crippen molar-refractivity contribution in [2.75, 3.05) is 37.8 Å². The minimum Gasteiger partial charge on any atom is -0.476 e. The van der Waals surface area contributed by atoms with Crippen molar-refractivity contribution in [2.24, 2.45) is 0 Å². The van der Waals surface area contributed by atoms with E-state index in [1.165, 1.54) is 25.7 Å². The molecule has 0 radical (unpaired) electrons. The van der Waals surface area contributed by atoms with E-state index in [1.54, 1.807) is 0 Å². The summed E-state index contributed by atoms with van der Waals surface area (Å²) >= 11 is 0. The zero-order chi connectivity index (χ0) is 14.4. The van der Waals surface area contributed by atoms with Gasteiger partial charge in [0.05, 0.1) is 12.3 Å². The Morgan fingerprint density at radius 2 is 2.15 bits per heavy atom. The van der Waals surface area contributed by atoms with Crippen molar-refractivity contribution in [3.63, 3.8) is 0 Å². The Hall–Kier alpha value is -1.49. The summed E-state index contributed by atoms with van der Waals surface area (Å²) in [5, 5.41) is 3.34. The van der Waals surface area contributed by atoms with E-state index >= 15 is 0 Å². The average Bonchev–Trinajstić information content (AvgIpc) is 2.96. The van der Waals surface area contributed by atoms with Crippen LogP contribution in [0.25, 0.3) is 0 Å². The lowest BCUT2D eigenvalue weighted by Crippen LogP contribution is -2.33. The van der Waals surface area contributed by atoms with Crippen LogP contribution >= 0.6 is 0 Å². The standard InChI is InChI=1S/C15H26N4O/c1-3-20-15-13(16)8-9-14(18-15)17-10-11-19(2)12-6-4-5-7-12/h8-9,12H,3-7,10-11,16H2,1-2H3,(H,17,18). The number of hydrogen-bond acceptors (Lipinski definition) is 5. The van der Waals surface area contributed by atoms with Crippen molar-refractivity contribution >= 4 is 11.5 Å². The zero-order valence-electron chi connectivity index (χ0n) is 12.6. The molecular formula is C15H26N4O. The van der Waals surface area contributed by atoms with Gasteiger partial charge in [-0.25, -0.2) is 0 Å². The van der Waals surface area contributed by atoms with Gasteiger partial charge in [0.25, 0.3) is 0 Å². The number of nitrogens with one attached hydrogen (secondary N) is 1. The largest absolute Gasteiger partial charge is 0.476 e. The summed E-state index contributed by atoms with van der Waals surface area (Å²) < 4.78 is 5.40. The predicted molar refractivity (Wildman–Crippen MR) is 83.2 cm³/mol. The SMILES string of the molecule is CCOc1nc(NCCN(C)C2CCCC2)ccc1N. The van der Waals surface area contributed by atoms with Crippen molar-refractivity contribution in [1.29, 1.82) is 0 Å². The van der Waals surface area contributed by atoms with E-state index in [-0.39, 0.29) is 0 Å². The molecule has 0 aromatic carbocycles. The second-order valence-corrected chi connectivity index (χ2v) is 5.37. The summed E-state index contributed by atoms with van der Waals surface area (Å²) in [5.74, 6) is 1.34. The van der Waals surface area contributed by atoms with E-state index in [9.17, 15) is 0 Å². The van der Waals surface area contributed by atoms with E-state index in [1.807, 2.05) is 19.1 Å². The first-order valence-corrected chi connectivity index (χ1v) is 7.54. The minimum atomic E-state index is 0.515. The zero-order valence-corrected chi connectivity index (χ0v) is 12.6. The maximum atomic E-state index is 5.81. The van der Waals surface area contributed by atoms with Gasteiger partial charge in [0.1, 0.15) is 5.82 Å². The lowest BCUT2D eigenvalue weighted by atomic mass is 10.2. The molecule has 3 N–H and O–H groups in total. The second-order valence-electron chi connectivity index (χ2n) is 5.37. The number of nitrogens with two attached hydrogens (primary N) is 1. The summed E-state index contributed by atoms with van der Waals surface area (Å²) in [5.41, 5.74) is 6.40. The summed E-state index contributed by atoms with van der Waals surface area (Å²) in [6.07, 6.45) is 5.43. The number of aromatic nitrogens is 1. The quantitative estimate of drug-likeness (QED) is 0.801. The molecular weight excluding hydrogens is 252 g/mol. The molecule has 5 heteroatoms. The van der Waals surface area contributed by atoms with Crippen LogP contribution in [0.1, 0.15) is 32.6 Å². The van der Waals surface area contributed by atoms with E-state index in [2.05, 4.69) is 22.2 Å². The van der Waals surface area contributed by atoms with Crippen LogP contribution in [0.4, 0.5) is 11.5 Å². The molecule has 20 heavy (non-hydrogen) atoms. The highest BCUT2D eigenvalue weighted by Gasteiger charge is 2.18. The minimum absolute atomic E-state index is 0.515. The van der Waals surface area contributed by atoms with Gasteiger partial charge < -0.3 is 20.7 Å². The molecule has 0 atom stereocenters. The van der Waals surface area contributed by atoms with Crippen molar-refractivity contribution < 1.29 is 4.74 Å². The normalized spacial score (nSPS) is 15.8. The van der Waals surface area contributed by atoms with Crippen LogP contribution in [0.3, 0.4) is 0 Å². The molecule has 1 aromatic rings. The molecule has 112 valence electrons. The number of anilines is 2. The molecule has 0 unspecified atom stereocenters. The first-order valence-electron chi connectivity index (χ1n) is 7.54. The third-order valence-corrected chi connectivity index (χ3v) is 3.89. The van der Waals surface area contributed by atoms with E-state index < -0.39 is 0 Å². The second kappa shape index (κ2) is 7.33. The van der Waals surface area contributed by atoms with Gasteiger partial charge in [0.15, 0.2) is 0 Å². The maximum absolute atomic E-state index is 5.81. The Balaban J connectivity index is 1.79. The molecule has 2 rings (SSSR count). The van der Waals surface area contributed by atoms with Crippen LogP contribution in [0.2, 0.25) is 0 Å². The molecule has 1 saturated carbocycles. The smallest absolute Gasteiger partial charge is 0.239 e. The maximum Gasteiger partial charge on any atom is 0.239 e. The highest BCUT2D eigenvalue weighted by Crippen LogP contribution is 2.22. The molecule has 5 nitrogen and oxygen atoms in total. The summed E-state index contributed by atoms with van der Waals surface area (Å²) in [7, 11) is 2.21. The number of nitrogen functional groups attached to an aromatic ring is 1. The molecule has 0 amide bonds. The lowest BCUT2D eigenvalue weighted by Gasteiger charge is -2.24. The summed E-state index contributed by atoms with van der Waals surface area (Å²) in [6, 6.07) is 4.49. The molecule has 0 saturated heterocycles. The predicted octanol–water partition coefficient (Wildman–Crippen LogP) is 2.35. The topological polar surface area (TPSA) is 63.4 Å². The molecule has 1 aliphatic rings. The van der Waals surface area contributed by atoms with Gasteiger partial charge >= 0.3 is 0 Å². The molecule has 0 aliphatic heterocycles. The number of pyridine rings is 1. The van der Waals surface area contributed by atoms with Crippen LogP contribution in [0.5, 0.6) is 5.88 Å². The first kappa shape index (κ1) is 14.9. The van der Waals surface area contributed by atoms with Gasteiger partial charge in [-0.15, -0.1) is 0 Å². The monoisotopic (exact) mass is 278 g/mol. The first-order chi connectivity index (χ1) is 9.70. The Labute approximate surface area is 121 Å². The van der Waals surface area contributed by atoms with Crippen molar-refractivity contribution in [3.05, 3.63) is 12.1 Å². The molecule has 0 spiro atoms. The Kier molecular flexibility index (Phi) is 5.47. The van der Waals surface area contributed by atoms with Gasteiger partial charge in [0, 0.05) is 19.1 Å². The van der Waals surface area contributed by atoms with Gasteiger partial charge in [-0.05, 0) is 38.9 Å². The van der Waals surface area contributed by atoms with Gasteiger partial charge in [0.2, 0.25) is 5.88 Å². The van der Waals surface area contributed by atoms with E-state index in [4.69, 9.17) is 10.5 Å². The molecule has 1 aliphatic carbocycles. The third kappa shape index (κ3) is 4.00. The molecule has 0 bridgehead atoms. The van der Waals surface area contributed by atoms with Crippen LogP contribution < -0.4 is 15.8 Å². The summed E-state index contributed by atoms with van der Waals surface area (Å²) in [4.78, 5) is 6.82. The fourth-order valence-electron chi connectivity index (χ4n) is 2.69. The number of likely N-dealkylation sites (N-methyl/N-ethyl adjacent to an activating group) is 1. The molecule has 1 fully saturated rings. The van der Waals surface area contributed by atoms with Crippen LogP contribution in [0, 0.1) is 0 Å². The fraction of sp³-hybridized carbons (Fsp3) is 0.667. The van der Waals surface area contributed by atoms with Crippen molar-refractivity contribution in [3.8, 4) is 5.88 Å². The third-order valence-electron chi connectivity index (χ3n) is 3.89. The Bertz CT molecular complexity index is 418. The molecule has 1 heterocycles. The van der Waals surface area contributed by atoms with Gasteiger partial charge in [-0.2, -0.15) is 4.98 Å². The highest BCUT2D eigenvalue weighted by atomic mass is 16.5. The van der Waals surface area contributed by atoms with Crippen LogP contribution in [-0.2, 0) is 0 Å². The average molecular weight is 278 g/mol. The van der Waals surface area contributed by atoms with Crippen LogP contribution in [-0.4, -0.2) is 42.7 Å². The fourth-order valence-corrected chi connectivity index (χ4v) is 2.69. The number of nitrogens with zero attached hydrogens (tertiary/aromatic N) is 2. The Morgan fingerprint density at radius 3 is 2.85 bits per heavy atom. The summed E-state index contributed by atoms with van der Waals surface area (Å²) in [6.45, 7) is 4.42. The van der Waals surface area contributed by atoms with Crippen LogP contribution in [0.15, 0.2) is 12.1 Å². The van der Waals surface area contributed by atoms with Gasteiger partial charge in [-0.3, -0.25) is 0 Å². The van der Waals surface area contributed by atoms with Crippen molar-refractivity contribution in [2.45, 2.75) is 38.6 Å².